The van der Waals surface area contributed by atoms with E-state index in [0.717, 1.165) is 57.5 Å². The Labute approximate surface area is 405 Å². The van der Waals surface area contributed by atoms with Gasteiger partial charge in [0.05, 0.1) is 6.61 Å². The van der Waals surface area contributed by atoms with Gasteiger partial charge in [0, 0.05) is 17.7 Å². The summed E-state index contributed by atoms with van der Waals surface area (Å²) in [5.74, 6) is -1.39. The van der Waals surface area contributed by atoms with Gasteiger partial charge in [0.2, 0.25) is 11.8 Å². The minimum Gasteiger partial charge on any atom is -0.493 e. The Balaban J connectivity index is 0.00000595. The molecule has 0 bridgehead atoms. The zero-order valence-electron chi connectivity index (χ0n) is 38.1. The second-order valence-electron chi connectivity index (χ2n) is 15.8. The fraction of sp³-hybridized carbons (Fsp3) is 0.353. The summed E-state index contributed by atoms with van der Waals surface area (Å²) in [6.45, 7) is 6.60. The summed E-state index contributed by atoms with van der Waals surface area (Å²) in [5.41, 5.74) is 19.3. The number of fused-ring (bicyclic) bond motifs is 2. The largest absolute Gasteiger partial charge is 0.493 e. The van der Waals surface area contributed by atoms with Crippen molar-refractivity contribution in [1.82, 2.24) is 16.0 Å². The minimum absolute atomic E-state index is 0. The van der Waals surface area contributed by atoms with Crippen LogP contribution in [-0.2, 0) is 30.5 Å². The first kappa shape index (κ1) is 55.0. The lowest BCUT2D eigenvalue weighted by atomic mass is 9.92. The molecule has 67 heavy (non-hydrogen) atoms. The van der Waals surface area contributed by atoms with Crippen LogP contribution in [0, 0.1) is 0 Å². The van der Waals surface area contributed by atoms with Crippen LogP contribution in [0.25, 0.3) is 32.7 Å². The van der Waals surface area contributed by atoms with E-state index < -0.39 is 48.4 Å². The maximum atomic E-state index is 14.1. The van der Waals surface area contributed by atoms with Gasteiger partial charge < -0.3 is 47.4 Å². The molecule has 0 aliphatic rings. The molecule has 0 unspecified atom stereocenters. The molecule has 0 radical (unpaired) electrons. The van der Waals surface area contributed by atoms with Crippen LogP contribution in [-0.4, -0.2) is 74.1 Å². The molecule has 3 atom stereocenters. The molecule has 14 nitrogen and oxygen atoms in total. The Morgan fingerprint density at radius 1 is 0.672 bits per heavy atom. The maximum absolute atomic E-state index is 14.1. The van der Waals surface area contributed by atoms with Crippen molar-refractivity contribution in [1.29, 1.82) is 0 Å². The highest BCUT2D eigenvalue weighted by atomic mass is 35.5. The van der Waals surface area contributed by atoms with Crippen molar-refractivity contribution >= 4 is 76.0 Å². The molecule has 0 spiro atoms. The SMILES string of the molecule is C=CC[C@H](NC(=O)[C@@H](CCCN=C(N)N)NC(=O)[C@@H](CCCCN)NC(=O)COc1ccc2ccccc2c1-c1c(OCCCCC)ccc2ccccc12)C(=O)OCc1ccccc1.Cl.Cl. The molecule has 5 rings (SSSR count). The second kappa shape index (κ2) is 29.3. The van der Waals surface area contributed by atoms with Gasteiger partial charge in [-0.1, -0.05) is 117 Å². The predicted octanol–water partition coefficient (Wildman–Crippen LogP) is 7.41. The van der Waals surface area contributed by atoms with Crippen LogP contribution in [0.5, 0.6) is 11.5 Å². The quantitative estimate of drug-likeness (QED) is 0.0101. The van der Waals surface area contributed by atoms with E-state index in [-0.39, 0.29) is 63.2 Å². The monoisotopic (exact) mass is 957 g/mol. The smallest absolute Gasteiger partial charge is 0.329 e. The summed E-state index contributed by atoms with van der Waals surface area (Å²) in [5, 5.41) is 12.3. The van der Waals surface area contributed by atoms with Gasteiger partial charge in [-0.15, -0.1) is 31.4 Å². The first-order valence-corrected chi connectivity index (χ1v) is 22.4. The number of rotatable bonds is 27. The molecular formula is C51H65Cl2N7O7. The summed E-state index contributed by atoms with van der Waals surface area (Å²) >= 11 is 0. The van der Waals surface area contributed by atoms with E-state index in [2.05, 4.69) is 40.5 Å². The molecule has 9 N–H and O–H groups in total. The highest BCUT2D eigenvalue weighted by molar-refractivity contribution is 6.10. The van der Waals surface area contributed by atoms with Crippen LogP contribution in [0.15, 0.2) is 121 Å². The third-order valence-corrected chi connectivity index (χ3v) is 10.8. The van der Waals surface area contributed by atoms with Crippen LogP contribution in [0.4, 0.5) is 0 Å². The number of ether oxygens (including phenoxy) is 3. The van der Waals surface area contributed by atoms with Gasteiger partial charge in [0.1, 0.15) is 36.2 Å². The fourth-order valence-electron chi connectivity index (χ4n) is 7.46. The molecule has 3 amide bonds. The Kier molecular flexibility index (Phi) is 24.1. The topological polar surface area (TPSA) is 222 Å². The van der Waals surface area contributed by atoms with E-state index >= 15 is 0 Å². The number of amides is 3. The van der Waals surface area contributed by atoms with Gasteiger partial charge in [0.25, 0.3) is 5.91 Å². The number of esters is 1. The van der Waals surface area contributed by atoms with Gasteiger partial charge in [-0.25, -0.2) is 4.79 Å². The number of nitrogens with one attached hydrogen (secondary N) is 3. The summed E-state index contributed by atoms with van der Waals surface area (Å²) in [6.07, 6.45) is 6.37. The molecule has 5 aromatic carbocycles. The number of nitrogens with two attached hydrogens (primary N) is 3. The van der Waals surface area contributed by atoms with E-state index in [4.69, 9.17) is 31.4 Å². The lowest BCUT2D eigenvalue weighted by Gasteiger charge is -2.25. The molecule has 0 heterocycles. The molecule has 360 valence electrons. The maximum Gasteiger partial charge on any atom is 0.329 e. The Morgan fingerprint density at radius 3 is 1.84 bits per heavy atom. The summed E-state index contributed by atoms with van der Waals surface area (Å²) in [7, 11) is 0. The van der Waals surface area contributed by atoms with Crippen molar-refractivity contribution in [2.75, 3.05) is 26.3 Å². The first-order chi connectivity index (χ1) is 31.6. The Hall–Kier alpha value is -6.35. The molecule has 0 saturated carbocycles. The second-order valence-corrected chi connectivity index (χ2v) is 15.8. The predicted molar refractivity (Wildman–Crippen MR) is 272 cm³/mol. The third kappa shape index (κ3) is 16.8. The average Bonchev–Trinajstić information content (AvgIpc) is 3.31. The van der Waals surface area contributed by atoms with Crippen molar-refractivity contribution in [2.24, 2.45) is 22.2 Å². The fourth-order valence-corrected chi connectivity index (χ4v) is 7.46. The van der Waals surface area contributed by atoms with E-state index in [0.29, 0.717) is 43.9 Å². The summed E-state index contributed by atoms with van der Waals surface area (Å²) < 4.78 is 18.4. The number of carbonyl (C=O) groups excluding carboxylic acids is 4. The van der Waals surface area contributed by atoms with Crippen molar-refractivity contribution < 1.29 is 33.4 Å². The van der Waals surface area contributed by atoms with Gasteiger partial charge >= 0.3 is 5.97 Å². The lowest BCUT2D eigenvalue weighted by Crippen LogP contribution is -2.56. The highest BCUT2D eigenvalue weighted by Crippen LogP contribution is 2.45. The number of carbonyl (C=O) groups is 4. The molecule has 0 saturated heterocycles. The lowest BCUT2D eigenvalue weighted by molar-refractivity contribution is -0.149. The van der Waals surface area contributed by atoms with Gasteiger partial charge in [-0.05, 0) is 90.7 Å². The number of nitrogens with zero attached hydrogens (tertiary/aromatic N) is 1. The normalized spacial score (nSPS) is 12.0. The molecule has 0 aliphatic heterocycles. The van der Waals surface area contributed by atoms with E-state index in [9.17, 15) is 19.2 Å². The highest BCUT2D eigenvalue weighted by Gasteiger charge is 2.30. The van der Waals surface area contributed by atoms with Crippen LogP contribution < -0.4 is 42.6 Å². The zero-order chi connectivity index (χ0) is 46.4. The van der Waals surface area contributed by atoms with Crippen LogP contribution in [0.3, 0.4) is 0 Å². The Morgan fingerprint density at radius 2 is 1.24 bits per heavy atom. The molecule has 16 heteroatoms. The average molecular weight is 959 g/mol. The summed E-state index contributed by atoms with van der Waals surface area (Å²) in [6, 6.07) is 29.8. The molecule has 0 aromatic heterocycles. The zero-order valence-corrected chi connectivity index (χ0v) is 39.7. The van der Waals surface area contributed by atoms with Gasteiger partial charge in [0.15, 0.2) is 12.6 Å². The number of aliphatic imine (C=N–C) groups is 1. The van der Waals surface area contributed by atoms with Crippen LogP contribution >= 0.6 is 24.8 Å². The number of guanidine groups is 1. The van der Waals surface area contributed by atoms with E-state index in [1.165, 1.54) is 6.08 Å². The number of hydrogen-bond acceptors (Lipinski definition) is 9. The van der Waals surface area contributed by atoms with Crippen LogP contribution in [0.1, 0.15) is 70.3 Å². The molecule has 5 aromatic rings. The van der Waals surface area contributed by atoms with Crippen LogP contribution in [0.2, 0.25) is 0 Å². The van der Waals surface area contributed by atoms with Gasteiger partial charge in [-0.2, -0.15) is 0 Å². The van der Waals surface area contributed by atoms with Crippen molar-refractivity contribution in [3.8, 4) is 22.6 Å². The Bertz CT molecular complexity index is 2400. The molecule has 0 aliphatic carbocycles. The standard InChI is InChI=1S/C51H63N7O7.2ClH/c1-3-5-15-32-63-43-28-26-36-20-9-11-22-38(36)46(43)47-39-23-12-10-21-37(39)27-29-44(47)64-34-45(59)56-40(24-13-14-30-52)48(60)57-41(25-16-31-55-51(53)54)49(61)58-42(17-4-2)50(62)65-33-35-18-7-6-8-19-35;;/h4,6-12,18-23,26-29,40-42H,2-3,5,13-17,24-25,30-34,52H2,1H3,(H,56,59)(H,57,60)(H,58,61)(H4,53,54,55);2*1H/t40-,41-,42+;;/m1../s1. The number of hydrogen-bond donors (Lipinski definition) is 6. The van der Waals surface area contributed by atoms with Crippen molar-refractivity contribution in [3.05, 3.63) is 121 Å². The van der Waals surface area contributed by atoms with E-state index in [1.54, 1.807) is 0 Å². The number of halogens is 2. The number of unbranched alkanes of at least 4 members (excludes halogenated alkanes) is 3. The first-order valence-electron chi connectivity index (χ1n) is 22.4. The van der Waals surface area contributed by atoms with Gasteiger partial charge in [-0.3, -0.25) is 19.4 Å². The van der Waals surface area contributed by atoms with E-state index in [1.807, 2.05) is 97.1 Å². The van der Waals surface area contributed by atoms with Crippen molar-refractivity contribution in [2.45, 2.75) is 89.4 Å². The third-order valence-electron chi connectivity index (χ3n) is 10.8. The minimum atomic E-state index is -1.13. The summed E-state index contributed by atoms with van der Waals surface area (Å²) in [4.78, 5) is 59.0. The number of benzene rings is 5. The molecular weight excluding hydrogens is 894 g/mol. The van der Waals surface area contributed by atoms with Crippen molar-refractivity contribution in [3.63, 3.8) is 0 Å². The molecule has 0 fully saturated rings.